The van der Waals surface area contributed by atoms with Gasteiger partial charge in [-0.25, -0.2) is 4.79 Å². The molecule has 1 aromatic heterocycles. The van der Waals surface area contributed by atoms with Gasteiger partial charge in [-0.1, -0.05) is 19.9 Å². The molecule has 1 amide bonds. The summed E-state index contributed by atoms with van der Waals surface area (Å²) in [6, 6.07) is 4.14. The number of aromatic nitrogens is 1. The summed E-state index contributed by atoms with van der Waals surface area (Å²) in [5, 5.41) is 11.7. The highest BCUT2D eigenvalue weighted by molar-refractivity contribution is 5.96. The molecule has 98 valence electrons. The van der Waals surface area contributed by atoms with Crippen molar-refractivity contribution in [3.63, 3.8) is 0 Å². The molecule has 0 aliphatic carbocycles. The van der Waals surface area contributed by atoms with Gasteiger partial charge in [0.05, 0.1) is 0 Å². The Morgan fingerprint density at radius 2 is 1.94 bits per heavy atom. The topological polar surface area (TPSA) is 99.3 Å². The molecule has 0 atom stereocenters. The molecular formula is C12H16N2O4. The van der Waals surface area contributed by atoms with Crippen LogP contribution in [0.4, 0.5) is 0 Å². The first kappa shape index (κ1) is 14.0. The van der Waals surface area contributed by atoms with Crippen molar-refractivity contribution in [2.75, 3.05) is 0 Å². The highest BCUT2D eigenvalue weighted by Gasteiger charge is 2.36. The average Bonchev–Trinajstić information content (AvgIpc) is 2.35. The van der Waals surface area contributed by atoms with Gasteiger partial charge >= 0.3 is 5.97 Å². The molecule has 0 unspecified atom stereocenters. The first-order chi connectivity index (χ1) is 8.45. The fourth-order valence-corrected chi connectivity index (χ4v) is 1.65. The third-order valence-corrected chi connectivity index (χ3v) is 2.98. The summed E-state index contributed by atoms with van der Waals surface area (Å²) in [6.07, 6.45) is 0.531. The van der Waals surface area contributed by atoms with Crippen LogP contribution in [0.25, 0.3) is 0 Å². The van der Waals surface area contributed by atoms with Crippen molar-refractivity contribution in [2.45, 2.75) is 32.2 Å². The molecule has 1 rings (SSSR count). The van der Waals surface area contributed by atoms with Crippen LogP contribution in [0.2, 0.25) is 0 Å². The van der Waals surface area contributed by atoms with Gasteiger partial charge in [-0.2, -0.15) is 0 Å². The van der Waals surface area contributed by atoms with Crippen molar-refractivity contribution < 1.29 is 14.7 Å². The SMILES string of the molecule is CCC(CC)(NC(=O)c1cccc(=O)[nH]1)C(=O)O. The highest BCUT2D eigenvalue weighted by Crippen LogP contribution is 2.16. The monoisotopic (exact) mass is 252 g/mol. The Labute approximate surface area is 104 Å². The van der Waals surface area contributed by atoms with Gasteiger partial charge in [-0.05, 0) is 18.9 Å². The van der Waals surface area contributed by atoms with E-state index in [0.29, 0.717) is 0 Å². The minimum absolute atomic E-state index is 0.0509. The first-order valence-corrected chi connectivity index (χ1v) is 5.70. The lowest BCUT2D eigenvalue weighted by atomic mass is 9.93. The Morgan fingerprint density at radius 1 is 1.33 bits per heavy atom. The molecule has 18 heavy (non-hydrogen) atoms. The van der Waals surface area contributed by atoms with Gasteiger partial charge in [0, 0.05) is 6.07 Å². The molecule has 0 aromatic carbocycles. The second kappa shape index (κ2) is 5.48. The number of hydrogen-bond acceptors (Lipinski definition) is 3. The van der Waals surface area contributed by atoms with Crippen LogP contribution < -0.4 is 10.9 Å². The van der Waals surface area contributed by atoms with E-state index < -0.39 is 23.0 Å². The van der Waals surface area contributed by atoms with E-state index >= 15 is 0 Å². The van der Waals surface area contributed by atoms with Crippen LogP contribution in [0.15, 0.2) is 23.0 Å². The number of nitrogens with one attached hydrogen (secondary N) is 2. The maximum atomic E-state index is 11.9. The number of hydrogen-bond donors (Lipinski definition) is 3. The summed E-state index contributed by atoms with van der Waals surface area (Å²) < 4.78 is 0. The molecule has 0 saturated heterocycles. The van der Waals surface area contributed by atoms with Gasteiger partial charge in [0.1, 0.15) is 11.2 Å². The minimum atomic E-state index is -1.30. The smallest absolute Gasteiger partial charge is 0.329 e. The number of carboxylic acid groups (broad SMARTS) is 1. The van der Waals surface area contributed by atoms with E-state index in [1.54, 1.807) is 13.8 Å². The number of amides is 1. The Hall–Kier alpha value is -2.11. The van der Waals surface area contributed by atoms with Crippen molar-refractivity contribution in [3.8, 4) is 0 Å². The van der Waals surface area contributed by atoms with Crippen LogP contribution in [0.5, 0.6) is 0 Å². The van der Waals surface area contributed by atoms with Crippen LogP contribution in [0.3, 0.4) is 0 Å². The lowest BCUT2D eigenvalue weighted by Gasteiger charge is -2.27. The minimum Gasteiger partial charge on any atom is -0.480 e. The van der Waals surface area contributed by atoms with Crippen molar-refractivity contribution in [1.82, 2.24) is 10.3 Å². The van der Waals surface area contributed by atoms with E-state index in [-0.39, 0.29) is 18.5 Å². The van der Waals surface area contributed by atoms with Crippen LogP contribution in [-0.4, -0.2) is 27.5 Å². The Morgan fingerprint density at radius 3 is 2.39 bits per heavy atom. The van der Waals surface area contributed by atoms with Gasteiger partial charge in [0.2, 0.25) is 5.56 Å². The normalized spacial score (nSPS) is 11.0. The zero-order valence-electron chi connectivity index (χ0n) is 10.3. The number of aromatic amines is 1. The number of carbonyl (C=O) groups excluding carboxylic acids is 1. The lowest BCUT2D eigenvalue weighted by molar-refractivity contribution is -0.144. The Bertz CT molecular complexity index is 503. The zero-order chi connectivity index (χ0) is 13.8. The fraction of sp³-hybridized carbons (Fsp3) is 0.417. The molecule has 0 aliphatic heterocycles. The highest BCUT2D eigenvalue weighted by atomic mass is 16.4. The molecule has 1 heterocycles. The van der Waals surface area contributed by atoms with Gasteiger partial charge in [-0.15, -0.1) is 0 Å². The van der Waals surface area contributed by atoms with Crippen LogP contribution in [0.1, 0.15) is 37.2 Å². The quantitative estimate of drug-likeness (QED) is 0.720. The largest absolute Gasteiger partial charge is 0.480 e. The van der Waals surface area contributed by atoms with E-state index in [9.17, 15) is 19.5 Å². The number of pyridine rings is 1. The molecule has 0 radical (unpaired) electrons. The molecule has 3 N–H and O–H groups in total. The van der Waals surface area contributed by atoms with Crippen molar-refractivity contribution in [2.24, 2.45) is 0 Å². The molecule has 0 bridgehead atoms. The van der Waals surface area contributed by atoms with E-state index in [1.807, 2.05) is 0 Å². The molecule has 0 saturated carbocycles. The van der Waals surface area contributed by atoms with Crippen LogP contribution in [0, 0.1) is 0 Å². The molecule has 1 aromatic rings. The third-order valence-electron chi connectivity index (χ3n) is 2.98. The third kappa shape index (κ3) is 2.77. The van der Waals surface area contributed by atoms with E-state index in [4.69, 9.17) is 0 Å². The van der Waals surface area contributed by atoms with Gasteiger partial charge < -0.3 is 15.4 Å². The average molecular weight is 252 g/mol. The summed E-state index contributed by atoms with van der Waals surface area (Å²) in [5.74, 6) is -1.68. The maximum Gasteiger partial charge on any atom is 0.329 e. The fourth-order valence-electron chi connectivity index (χ4n) is 1.65. The van der Waals surface area contributed by atoms with Crippen molar-refractivity contribution >= 4 is 11.9 Å². The predicted octanol–water partition coefficient (Wildman–Crippen LogP) is 0.748. The van der Waals surface area contributed by atoms with Crippen molar-refractivity contribution in [3.05, 3.63) is 34.2 Å². The summed E-state index contributed by atoms with van der Waals surface area (Å²) in [4.78, 5) is 36.6. The Balaban J connectivity index is 2.99. The molecule has 0 fully saturated rings. The van der Waals surface area contributed by atoms with Gasteiger partial charge in [-0.3, -0.25) is 9.59 Å². The van der Waals surface area contributed by atoms with Gasteiger partial charge in [0.25, 0.3) is 5.91 Å². The molecule has 0 aliphatic rings. The predicted molar refractivity (Wildman–Crippen MR) is 65.5 cm³/mol. The van der Waals surface area contributed by atoms with Crippen LogP contribution >= 0.6 is 0 Å². The summed E-state index contributed by atoms with van der Waals surface area (Å²) in [6.45, 7) is 3.37. The number of aliphatic carboxylic acids is 1. The number of H-pyrrole nitrogens is 1. The standard InChI is InChI=1S/C12H16N2O4/c1-3-12(4-2,11(17)18)14-10(16)8-6-5-7-9(15)13-8/h5-7H,3-4H2,1-2H3,(H,13,15)(H,14,16)(H,17,18). The van der Waals surface area contributed by atoms with Crippen LogP contribution in [-0.2, 0) is 4.79 Å². The lowest BCUT2D eigenvalue weighted by Crippen LogP contribution is -2.54. The zero-order valence-corrected chi connectivity index (χ0v) is 10.3. The maximum absolute atomic E-state index is 11.9. The van der Waals surface area contributed by atoms with E-state index in [0.717, 1.165) is 0 Å². The Kier molecular flexibility index (Phi) is 4.25. The van der Waals surface area contributed by atoms with Crippen molar-refractivity contribution in [1.29, 1.82) is 0 Å². The first-order valence-electron chi connectivity index (χ1n) is 5.70. The van der Waals surface area contributed by atoms with Gasteiger partial charge in [0.15, 0.2) is 0 Å². The summed E-state index contributed by atoms with van der Waals surface area (Å²) in [7, 11) is 0. The molecule has 0 spiro atoms. The number of rotatable bonds is 5. The van der Waals surface area contributed by atoms with E-state index in [2.05, 4.69) is 10.3 Å². The summed E-state index contributed by atoms with van der Waals surface area (Å²) >= 11 is 0. The number of carbonyl (C=O) groups is 2. The molecule has 6 nitrogen and oxygen atoms in total. The number of carboxylic acids is 1. The molecule has 6 heteroatoms. The second-order valence-corrected chi connectivity index (χ2v) is 3.98. The molecular weight excluding hydrogens is 236 g/mol. The summed E-state index contributed by atoms with van der Waals surface area (Å²) in [5.41, 5.74) is -1.66. The second-order valence-electron chi connectivity index (χ2n) is 3.98. The van der Waals surface area contributed by atoms with E-state index in [1.165, 1.54) is 18.2 Å².